The minimum Gasteiger partial charge on any atom is -0.359 e. The molecule has 40 heavy (non-hydrogen) atoms. The first-order chi connectivity index (χ1) is 19.2. The van der Waals surface area contributed by atoms with E-state index in [1.54, 1.807) is 17.0 Å². The highest BCUT2D eigenvalue weighted by Crippen LogP contribution is 2.39. The SMILES string of the molecule is CC(=O)NC1(c2cccc(F)c2)CCN(CCC2(c3ccc(Cl)c(Cl)c3)CN(c3ccccc3)C(=O)CO2)CC1. The number of likely N-dealkylation sites (tertiary alicyclic amines) is 1. The van der Waals surface area contributed by atoms with Gasteiger partial charge < -0.3 is 19.9 Å². The maximum absolute atomic E-state index is 14.1. The first kappa shape index (κ1) is 28.6. The van der Waals surface area contributed by atoms with E-state index in [9.17, 15) is 14.0 Å². The maximum atomic E-state index is 14.1. The van der Waals surface area contributed by atoms with Crippen LogP contribution in [0.3, 0.4) is 0 Å². The van der Waals surface area contributed by atoms with Crippen molar-refractivity contribution in [2.75, 3.05) is 37.7 Å². The molecule has 2 aliphatic heterocycles. The van der Waals surface area contributed by atoms with Gasteiger partial charge in [-0.25, -0.2) is 4.39 Å². The molecule has 0 aromatic heterocycles. The molecule has 210 valence electrons. The summed E-state index contributed by atoms with van der Waals surface area (Å²) in [6, 6.07) is 21.5. The van der Waals surface area contributed by atoms with E-state index in [2.05, 4.69) is 10.2 Å². The molecule has 0 saturated carbocycles. The number of hydrogen-bond acceptors (Lipinski definition) is 4. The lowest BCUT2D eigenvalue weighted by Gasteiger charge is -2.46. The molecule has 0 bridgehead atoms. The van der Waals surface area contributed by atoms with Crippen LogP contribution in [0.25, 0.3) is 0 Å². The molecule has 0 radical (unpaired) electrons. The molecule has 0 spiro atoms. The van der Waals surface area contributed by atoms with Gasteiger partial charge in [0.25, 0.3) is 5.91 Å². The number of morpholine rings is 1. The zero-order chi connectivity index (χ0) is 28.3. The van der Waals surface area contributed by atoms with E-state index in [-0.39, 0.29) is 24.2 Å². The fourth-order valence-corrected chi connectivity index (χ4v) is 6.16. The van der Waals surface area contributed by atoms with Crippen molar-refractivity contribution in [3.05, 3.63) is 99.8 Å². The average molecular weight is 585 g/mol. The lowest BCUT2D eigenvalue weighted by atomic mass is 9.80. The van der Waals surface area contributed by atoms with Crippen molar-refractivity contribution in [2.45, 2.75) is 37.3 Å². The molecule has 0 aliphatic carbocycles. The summed E-state index contributed by atoms with van der Waals surface area (Å²) >= 11 is 12.7. The fraction of sp³-hybridized carbons (Fsp3) is 0.355. The third-order valence-electron chi connectivity index (χ3n) is 8.03. The fourth-order valence-electron chi connectivity index (χ4n) is 5.87. The third-order valence-corrected chi connectivity index (χ3v) is 8.77. The van der Waals surface area contributed by atoms with Crippen molar-refractivity contribution in [3.8, 4) is 0 Å². The van der Waals surface area contributed by atoms with Gasteiger partial charge in [-0.2, -0.15) is 0 Å². The molecule has 2 amide bonds. The number of carbonyl (C=O) groups excluding carboxylic acids is 2. The third kappa shape index (κ3) is 6.03. The van der Waals surface area contributed by atoms with Gasteiger partial charge in [0.15, 0.2) is 0 Å². The molecule has 2 heterocycles. The predicted octanol–water partition coefficient (Wildman–Crippen LogP) is 5.91. The number of para-hydroxylation sites is 1. The van der Waals surface area contributed by atoms with Crippen LogP contribution in [0.1, 0.15) is 37.3 Å². The number of rotatable bonds is 7. The Morgan fingerprint density at radius 1 is 0.975 bits per heavy atom. The number of nitrogens with zero attached hydrogens (tertiary/aromatic N) is 2. The second-order valence-corrected chi connectivity index (χ2v) is 11.4. The smallest absolute Gasteiger partial charge is 0.253 e. The molecule has 2 aliphatic rings. The van der Waals surface area contributed by atoms with Crippen molar-refractivity contribution >= 4 is 40.7 Å². The van der Waals surface area contributed by atoms with Crippen LogP contribution in [0.4, 0.5) is 10.1 Å². The number of halogens is 3. The molecule has 1 N–H and O–H groups in total. The van der Waals surface area contributed by atoms with Crippen LogP contribution in [0.5, 0.6) is 0 Å². The quantitative estimate of drug-likeness (QED) is 0.375. The van der Waals surface area contributed by atoms with E-state index in [1.165, 1.54) is 19.1 Å². The number of piperidine rings is 1. The minimum absolute atomic E-state index is 0.0552. The minimum atomic E-state index is -0.799. The van der Waals surface area contributed by atoms with E-state index in [1.807, 2.05) is 48.5 Å². The van der Waals surface area contributed by atoms with E-state index >= 15 is 0 Å². The normalized spacial score (nSPS) is 21.3. The molecule has 6 nitrogen and oxygen atoms in total. The van der Waals surface area contributed by atoms with Gasteiger partial charge in [-0.15, -0.1) is 0 Å². The number of benzene rings is 3. The summed E-state index contributed by atoms with van der Waals surface area (Å²) in [6.07, 6.45) is 1.89. The second-order valence-electron chi connectivity index (χ2n) is 10.6. The van der Waals surface area contributed by atoms with Crippen LogP contribution >= 0.6 is 23.2 Å². The van der Waals surface area contributed by atoms with E-state index in [0.717, 1.165) is 16.8 Å². The number of ether oxygens (including phenoxy) is 1. The van der Waals surface area contributed by atoms with Crippen LogP contribution in [0.2, 0.25) is 10.0 Å². The molecule has 9 heteroatoms. The van der Waals surface area contributed by atoms with Gasteiger partial charge in [0, 0.05) is 32.2 Å². The Kier molecular flexibility index (Phi) is 8.47. The standard InChI is InChI=1S/C31H32Cl2FN3O3/c1-22(38)35-30(23-6-5-7-25(34)18-23)12-15-36(16-13-30)17-14-31(24-10-11-27(32)28(33)19-24)21-37(29(39)20-40-31)26-8-3-2-4-9-26/h2-11,18-19H,12-17,20-21H2,1H3,(H,35,38). The van der Waals surface area contributed by atoms with E-state index < -0.39 is 11.1 Å². The largest absolute Gasteiger partial charge is 0.359 e. The summed E-state index contributed by atoms with van der Waals surface area (Å²) in [5, 5.41) is 3.99. The molecule has 3 aromatic carbocycles. The topological polar surface area (TPSA) is 61.9 Å². The van der Waals surface area contributed by atoms with Crippen LogP contribution in [-0.2, 0) is 25.5 Å². The number of nitrogens with one attached hydrogen (secondary N) is 1. The highest BCUT2D eigenvalue weighted by molar-refractivity contribution is 6.42. The first-order valence-corrected chi connectivity index (χ1v) is 14.2. The summed E-state index contributed by atoms with van der Waals surface area (Å²) < 4.78 is 20.4. The molecule has 5 rings (SSSR count). The van der Waals surface area contributed by atoms with Gasteiger partial charge in [0.05, 0.1) is 22.1 Å². The first-order valence-electron chi connectivity index (χ1n) is 13.4. The summed E-state index contributed by atoms with van der Waals surface area (Å²) in [5.74, 6) is -0.562. The van der Waals surface area contributed by atoms with Gasteiger partial charge in [0.2, 0.25) is 5.91 Å². The van der Waals surface area contributed by atoms with Crippen molar-refractivity contribution in [1.29, 1.82) is 0 Å². The number of carbonyl (C=O) groups is 2. The Morgan fingerprint density at radius 3 is 2.40 bits per heavy atom. The monoisotopic (exact) mass is 583 g/mol. The number of hydrogen-bond donors (Lipinski definition) is 1. The van der Waals surface area contributed by atoms with Gasteiger partial charge >= 0.3 is 0 Å². The molecule has 1 unspecified atom stereocenters. The van der Waals surface area contributed by atoms with Crippen LogP contribution < -0.4 is 10.2 Å². The molecule has 1 atom stereocenters. The lowest BCUT2D eigenvalue weighted by molar-refractivity contribution is -0.141. The summed E-state index contributed by atoms with van der Waals surface area (Å²) in [4.78, 5) is 29.2. The van der Waals surface area contributed by atoms with Crippen LogP contribution in [0.15, 0.2) is 72.8 Å². The maximum Gasteiger partial charge on any atom is 0.253 e. The van der Waals surface area contributed by atoms with Crippen molar-refractivity contribution in [2.24, 2.45) is 0 Å². The Hall–Kier alpha value is -2.97. The highest BCUT2D eigenvalue weighted by Gasteiger charge is 2.43. The Labute approximate surface area is 244 Å². The van der Waals surface area contributed by atoms with Crippen molar-refractivity contribution < 1.29 is 18.7 Å². The van der Waals surface area contributed by atoms with Gasteiger partial charge in [-0.3, -0.25) is 9.59 Å². The Bertz CT molecular complexity index is 1380. The Balaban J connectivity index is 1.37. The molecule has 2 saturated heterocycles. The molecule has 3 aromatic rings. The summed E-state index contributed by atoms with van der Waals surface area (Å²) in [7, 11) is 0. The van der Waals surface area contributed by atoms with Crippen molar-refractivity contribution in [3.63, 3.8) is 0 Å². The molecular weight excluding hydrogens is 552 g/mol. The number of amides is 2. The molecule has 2 fully saturated rings. The van der Waals surface area contributed by atoms with Gasteiger partial charge in [-0.05, 0) is 66.8 Å². The van der Waals surface area contributed by atoms with Crippen LogP contribution in [-0.4, -0.2) is 49.5 Å². The van der Waals surface area contributed by atoms with E-state index in [0.29, 0.717) is 55.5 Å². The average Bonchev–Trinajstić information content (AvgIpc) is 2.95. The second kappa shape index (κ2) is 11.9. The van der Waals surface area contributed by atoms with Gasteiger partial charge in [0.1, 0.15) is 18.0 Å². The zero-order valence-corrected chi connectivity index (χ0v) is 23.8. The zero-order valence-electron chi connectivity index (χ0n) is 22.3. The molecular formula is C31H32Cl2FN3O3. The van der Waals surface area contributed by atoms with Crippen molar-refractivity contribution in [1.82, 2.24) is 10.2 Å². The van der Waals surface area contributed by atoms with Crippen LogP contribution in [0, 0.1) is 5.82 Å². The van der Waals surface area contributed by atoms with E-state index in [4.69, 9.17) is 27.9 Å². The lowest BCUT2D eigenvalue weighted by Crippen LogP contribution is -2.55. The predicted molar refractivity (Wildman–Crippen MR) is 155 cm³/mol. The van der Waals surface area contributed by atoms with Gasteiger partial charge in [-0.1, -0.05) is 59.6 Å². The highest BCUT2D eigenvalue weighted by atomic mass is 35.5. The Morgan fingerprint density at radius 2 is 1.73 bits per heavy atom. The summed E-state index contributed by atoms with van der Waals surface area (Å²) in [6.45, 7) is 3.87. The number of anilines is 1. The summed E-state index contributed by atoms with van der Waals surface area (Å²) in [5.41, 5.74) is 1.03.